The number of methoxy groups -OCH3 is 1. The molecule has 142 valence electrons. The molecule has 1 amide bonds. The van der Waals surface area contributed by atoms with Crippen LogP contribution in [0.5, 0.6) is 0 Å². The number of hydrogen-bond donors (Lipinski definition) is 2. The van der Waals surface area contributed by atoms with E-state index in [2.05, 4.69) is 5.32 Å². The highest BCUT2D eigenvalue weighted by Gasteiger charge is 2.23. The Labute approximate surface area is 159 Å². The summed E-state index contributed by atoms with van der Waals surface area (Å²) in [5.41, 5.74) is 8.73. The summed E-state index contributed by atoms with van der Waals surface area (Å²) in [6.45, 7) is 1.88. The number of anilines is 1. The van der Waals surface area contributed by atoms with E-state index in [1.165, 1.54) is 7.11 Å². The summed E-state index contributed by atoms with van der Waals surface area (Å²) in [6, 6.07) is 15.0. The van der Waals surface area contributed by atoms with Gasteiger partial charge in [-0.3, -0.25) is 4.79 Å². The third-order valence-electron chi connectivity index (χ3n) is 4.87. The Bertz CT molecular complexity index is 797. The molecule has 1 fully saturated rings. The van der Waals surface area contributed by atoms with Gasteiger partial charge in [0.15, 0.2) is 0 Å². The van der Waals surface area contributed by atoms with Gasteiger partial charge in [0.2, 0.25) is 0 Å². The van der Waals surface area contributed by atoms with Crippen molar-refractivity contribution in [2.45, 2.75) is 25.4 Å². The first-order valence-electron chi connectivity index (χ1n) is 9.14. The number of ether oxygens (including phenoxy) is 1. The van der Waals surface area contributed by atoms with Crippen LogP contribution >= 0.6 is 0 Å². The first-order chi connectivity index (χ1) is 13.1. The van der Waals surface area contributed by atoms with E-state index >= 15 is 0 Å². The van der Waals surface area contributed by atoms with Gasteiger partial charge in [0.1, 0.15) is 0 Å². The number of carbonyl (C=O) groups is 2. The van der Waals surface area contributed by atoms with Crippen LogP contribution in [0.1, 0.15) is 39.1 Å². The molecule has 0 radical (unpaired) electrons. The van der Waals surface area contributed by atoms with Gasteiger partial charge in [-0.25, -0.2) is 4.79 Å². The molecule has 27 heavy (non-hydrogen) atoms. The second-order valence-electron chi connectivity index (χ2n) is 6.68. The van der Waals surface area contributed by atoms with E-state index in [9.17, 15) is 9.59 Å². The van der Waals surface area contributed by atoms with Gasteiger partial charge < -0.3 is 20.7 Å². The molecule has 1 aliphatic heterocycles. The van der Waals surface area contributed by atoms with Crippen LogP contribution in [0.2, 0.25) is 0 Å². The molecular formula is C21H25N3O3. The van der Waals surface area contributed by atoms with Crippen molar-refractivity contribution in [1.82, 2.24) is 4.90 Å². The number of nitrogens with two attached hydrogens (primary N) is 1. The molecule has 0 atom stereocenters. The zero-order valence-electron chi connectivity index (χ0n) is 15.5. The Morgan fingerprint density at radius 3 is 2.44 bits per heavy atom. The van der Waals surface area contributed by atoms with Crippen molar-refractivity contribution in [3.8, 4) is 0 Å². The number of esters is 1. The average Bonchev–Trinajstić information content (AvgIpc) is 2.73. The van der Waals surface area contributed by atoms with Crippen LogP contribution in [0.3, 0.4) is 0 Å². The van der Waals surface area contributed by atoms with Crippen molar-refractivity contribution in [1.29, 1.82) is 0 Å². The van der Waals surface area contributed by atoms with Gasteiger partial charge in [0.25, 0.3) is 5.91 Å². The molecule has 6 nitrogen and oxygen atoms in total. The molecular weight excluding hydrogens is 342 g/mol. The van der Waals surface area contributed by atoms with E-state index in [1.807, 2.05) is 41.3 Å². The molecule has 1 heterocycles. The number of piperidine rings is 1. The van der Waals surface area contributed by atoms with Gasteiger partial charge in [0, 0.05) is 36.9 Å². The lowest BCUT2D eigenvalue weighted by molar-refractivity contribution is 0.0600. The summed E-state index contributed by atoms with van der Waals surface area (Å²) in [5.74, 6) is -0.288. The molecule has 3 rings (SSSR count). The first-order valence-corrected chi connectivity index (χ1v) is 9.14. The van der Waals surface area contributed by atoms with Gasteiger partial charge in [-0.05, 0) is 48.7 Å². The van der Waals surface area contributed by atoms with Crippen LogP contribution in [-0.2, 0) is 11.3 Å². The first kappa shape index (κ1) is 18.9. The molecule has 1 aliphatic rings. The Morgan fingerprint density at radius 1 is 1.11 bits per heavy atom. The summed E-state index contributed by atoms with van der Waals surface area (Å²) >= 11 is 0. The lowest BCUT2D eigenvalue weighted by Gasteiger charge is -2.33. The van der Waals surface area contributed by atoms with Crippen molar-refractivity contribution in [3.05, 3.63) is 65.2 Å². The maximum atomic E-state index is 12.6. The SMILES string of the molecule is COC(=O)c1cccc(NC2CCN(C(=O)c3ccc(CN)cc3)CC2)c1. The Balaban J connectivity index is 1.55. The molecule has 3 N–H and O–H groups in total. The van der Waals surface area contributed by atoms with Crippen molar-refractivity contribution >= 4 is 17.6 Å². The predicted molar refractivity (Wildman–Crippen MR) is 105 cm³/mol. The fourth-order valence-electron chi connectivity index (χ4n) is 3.28. The van der Waals surface area contributed by atoms with Crippen LogP contribution in [-0.4, -0.2) is 43.0 Å². The Hall–Kier alpha value is -2.86. The highest BCUT2D eigenvalue weighted by molar-refractivity contribution is 5.94. The number of benzene rings is 2. The minimum Gasteiger partial charge on any atom is -0.465 e. The number of nitrogens with one attached hydrogen (secondary N) is 1. The Kier molecular flexibility index (Phi) is 6.08. The number of likely N-dealkylation sites (tertiary alicyclic amines) is 1. The fourth-order valence-corrected chi connectivity index (χ4v) is 3.28. The minimum atomic E-state index is -0.347. The van der Waals surface area contributed by atoms with Gasteiger partial charge in [-0.2, -0.15) is 0 Å². The third kappa shape index (κ3) is 4.65. The quantitative estimate of drug-likeness (QED) is 0.794. The molecule has 0 aromatic heterocycles. The third-order valence-corrected chi connectivity index (χ3v) is 4.87. The molecule has 0 unspecified atom stereocenters. The number of carbonyl (C=O) groups excluding carboxylic acids is 2. The largest absolute Gasteiger partial charge is 0.465 e. The van der Waals surface area contributed by atoms with Crippen LogP contribution in [0.4, 0.5) is 5.69 Å². The van der Waals surface area contributed by atoms with Crippen LogP contribution < -0.4 is 11.1 Å². The molecule has 1 saturated heterocycles. The molecule has 0 spiro atoms. The van der Waals surface area contributed by atoms with E-state index < -0.39 is 0 Å². The zero-order valence-corrected chi connectivity index (χ0v) is 15.5. The van der Waals surface area contributed by atoms with E-state index in [0.717, 1.165) is 24.1 Å². The van der Waals surface area contributed by atoms with Crippen molar-refractivity contribution in [2.75, 3.05) is 25.5 Å². The average molecular weight is 367 g/mol. The van der Waals surface area contributed by atoms with Crippen molar-refractivity contribution in [2.24, 2.45) is 5.73 Å². The second kappa shape index (κ2) is 8.68. The molecule has 0 saturated carbocycles. The van der Waals surface area contributed by atoms with Gasteiger partial charge in [-0.15, -0.1) is 0 Å². The summed E-state index contributed by atoms with van der Waals surface area (Å²) < 4.78 is 4.76. The normalized spacial score (nSPS) is 14.7. The predicted octanol–water partition coefficient (Wildman–Crippen LogP) is 2.65. The summed E-state index contributed by atoms with van der Waals surface area (Å²) in [5, 5.41) is 3.45. The van der Waals surface area contributed by atoms with Crippen molar-refractivity contribution in [3.63, 3.8) is 0 Å². The maximum Gasteiger partial charge on any atom is 0.337 e. The molecule has 0 aliphatic carbocycles. The molecule has 0 bridgehead atoms. The van der Waals surface area contributed by atoms with Crippen LogP contribution in [0, 0.1) is 0 Å². The highest BCUT2D eigenvalue weighted by atomic mass is 16.5. The van der Waals surface area contributed by atoms with Crippen molar-refractivity contribution < 1.29 is 14.3 Å². The van der Waals surface area contributed by atoms with Crippen LogP contribution in [0.25, 0.3) is 0 Å². The highest BCUT2D eigenvalue weighted by Crippen LogP contribution is 2.20. The smallest absolute Gasteiger partial charge is 0.337 e. The number of hydrogen-bond acceptors (Lipinski definition) is 5. The topological polar surface area (TPSA) is 84.7 Å². The number of nitrogens with zero attached hydrogens (tertiary/aromatic N) is 1. The fraction of sp³-hybridized carbons (Fsp3) is 0.333. The number of rotatable bonds is 5. The second-order valence-corrected chi connectivity index (χ2v) is 6.68. The zero-order chi connectivity index (χ0) is 19.2. The summed E-state index contributed by atoms with van der Waals surface area (Å²) in [4.78, 5) is 26.2. The van der Waals surface area contributed by atoms with Gasteiger partial charge >= 0.3 is 5.97 Å². The lowest BCUT2D eigenvalue weighted by atomic mass is 10.0. The Morgan fingerprint density at radius 2 is 1.81 bits per heavy atom. The molecule has 2 aromatic carbocycles. The standard InChI is InChI=1S/C21H25N3O3/c1-27-21(26)17-3-2-4-19(13-17)23-18-9-11-24(12-10-18)20(25)16-7-5-15(14-22)6-8-16/h2-8,13,18,23H,9-12,14,22H2,1H3. The van der Waals surface area contributed by atoms with Gasteiger partial charge in [-0.1, -0.05) is 18.2 Å². The minimum absolute atomic E-state index is 0.0599. The monoisotopic (exact) mass is 367 g/mol. The van der Waals surface area contributed by atoms with E-state index in [1.54, 1.807) is 12.1 Å². The van der Waals surface area contributed by atoms with E-state index in [4.69, 9.17) is 10.5 Å². The molecule has 2 aromatic rings. The molecule has 6 heteroatoms. The van der Waals surface area contributed by atoms with E-state index in [0.29, 0.717) is 30.8 Å². The van der Waals surface area contributed by atoms with Crippen LogP contribution in [0.15, 0.2) is 48.5 Å². The summed E-state index contributed by atoms with van der Waals surface area (Å²) in [6.07, 6.45) is 1.71. The lowest BCUT2D eigenvalue weighted by Crippen LogP contribution is -2.42. The summed E-state index contributed by atoms with van der Waals surface area (Å²) in [7, 11) is 1.37. The van der Waals surface area contributed by atoms with E-state index in [-0.39, 0.29) is 17.9 Å². The van der Waals surface area contributed by atoms with Gasteiger partial charge in [0.05, 0.1) is 12.7 Å². The maximum absolute atomic E-state index is 12.6. The number of amides is 1.